The fourth-order valence-corrected chi connectivity index (χ4v) is 0.535. The third-order valence-corrected chi connectivity index (χ3v) is 0.927. The van der Waals surface area contributed by atoms with Crippen LogP contribution in [-0.4, -0.2) is 11.9 Å². The summed E-state index contributed by atoms with van der Waals surface area (Å²) in [4.78, 5) is 21.2. The van der Waals surface area contributed by atoms with Gasteiger partial charge in [-0.25, -0.2) is 0 Å². The minimum absolute atomic E-state index is 0. The van der Waals surface area contributed by atoms with Crippen molar-refractivity contribution in [2.75, 3.05) is 0 Å². The molecule has 0 N–H and O–H groups in total. The van der Waals surface area contributed by atoms with Crippen LogP contribution < -0.4 is 10.2 Å². The number of carbonyl (C=O) groups excluding carboxylic acids is 2. The standard InChI is InChI=1S/2C3H3BrO2.Zn/c2*4-2-1-3(5)6;/h2*1-2H,(H,5,6);/q;;+2/p-2. The molecule has 0 aromatic rings. The molecule has 0 spiro atoms. The van der Waals surface area contributed by atoms with Crippen molar-refractivity contribution in [2.45, 2.75) is 0 Å². The Morgan fingerprint density at radius 1 is 0.923 bits per heavy atom. The first-order chi connectivity index (χ1) is 5.54. The maximum Gasteiger partial charge on any atom is 2.00 e. The van der Waals surface area contributed by atoms with Gasteiger partial charge in [0.2, 0.25) is 0 Å². The molecule has 0 aliphatic rings. The predicted octanol–water partition coefficient (Wildman–Crippen LogP) is -0.713. The van der Waals surface area contributed by atoms with Crippen molar-refractivity contribution in [3.8, 4) is 0 Å². The third kappa shape index (κ3) is 33.3. The van der Waals surface area contributed by atoms with Crippen molar-refractivity contribution < 1.29 is 39.3 Å². The van der Waals surface area contributed by atoms with Gasteiger partial charge in [-0.15, -0.1) is 0 Å². The van der Waals surface area contributed by atoms with E-state index in [1.54, 1.807) is 0 Å². The van der Waals surface area contributed by atoms with Gasteiger partial charge in [0.1, 0.15) is 0 Å². The second kappa shape index (κ2) is 14.5. The van der Waals surface area contributed by atoms with Crippen LogP contribution in [0, 0.1) is 0 Å². The van der Waals surface area contributed by atoms with E-state index in [2.05, 4.69) is 31.9 Å². The van der Waals surface area contributed by atoms with Gasteiger partial charge in [0.05, 0.1) is 11.9 Å². The molecule has 0 atom stereocenters. The summed E-state index contributed by atoms with van der Waals surface area (Å²) in [6.07, 6.45) is 1.78. The largest absolute Gasteiger partial charge is 2.00 e. The summed E-state index contributed by atoms with van der Waals surface area (Å²) >= 11 is 5.50. The summed E-state index contributed by atoms with van der Waals surface area (Å²) in [7, 11) is 0. The Bertz CT molecular complexity index is 181. The van der Waals surface area contributed by atoms with Crippen LogP contribution in [0.5, 0.6) is 0 Å². The molecule has 0 saturated carbocycles. The topological polar surface area (TPSA) is 80.3 Å². The van der Waals surface area contributed by atoms with E-state index in [0.717, 1.165) is 12.2 Å². The Labute approximate surface area is 105 Å². The summed E-state index contributed by atoms with van der Waals surface area (Å²) in [5.41, 5.74) is 0. The van der Waals surface area contributed by atoms with E-state index in [-0.39, 0.29) is 19.5 Å². The van der Waals surface area contributed by atoms with Crippen LogP contribution in [0.4, 0.5) is 0 Å². The molecule has 0 aliphatic heterocycles. The predicted molar refractivity (Wildman–Crippen MR) is 46.1 cm³/mol. The molecular formula is C6H4Br2O4Zn. The van der Waals surface area contributed by atoms with Gasteiger partial charge in [-0.2, -0.15) is 0 Å². The molecule has 13 heavy (non-hydrogen) atoms. The zero-order valence-electron chi connectivity index (χ0n) is 6.41. The average Bonchev–Trinajstić information content (AvgIpc) is 1.87. The van der Waals surface area contributed by atoms with Crippen LogP contribution >= 0.6 is 31.9 Å². The first kappa shape index (κ1) is 18.7. The van der Waals surface area contributed by atoms with Gasteiger partial charge in [0, 0.05) is 0 Å². The van der Waals surface area contributed by atoms with E-state index in [1.807, 2.05) is 0 Å². The van der Waals surface area contributed by atoms with Crippen molar-refractivity contribution >= 4 is 43.8 Å². The van der Waals surface area contributed by atoms with Gasteiger partial charge in [-0.05, 0) is 22.1 Å². The first-order valence-corrected chi connectivity index (χ1v) is 4.33. The van der Waals surface area contributed by atoms with Crippen LogP contribution in [0.1, 0.15) is 0 Å². The van der Waals surface area contributed by atoms with E-state index >= 15 is 0 Å². The van der Waals surface area contributed by atoms with Gasteiger partial charge >= 0.3 is 19.5 Å². The van der Waals surface area contributed by atoms with Gasteiger partial charge in [-0.3, -0.25) is 0 Å². The van der Waals surface area contributed by atoms with Crippen LogP contribution in [0.2, 0.25) is 0 Å². The Morgan fingerprint density at radius 2 is 1.15 bits per heavy atom. The van der Waals surface area contributed by atoms with E-state index in [9.17, 15) is 19.8 Å². The fourth-order valence-electron chi connectivity index (χ4n) is 0.103. The molecule has 0 radical (unpaired) electrons. The zero-order valence-corrected chi connectivity index (χ0v) is 12.5. The van der Waals surface area contributed by atoms with E-state index in [1.165, 1.54) is 9.97 Å². The monoisotopic (exact) mass is 362 g/mol. The number of hydrogen-bond acceptors (Lipinski definition) is 4. The summed E-state index contributed by atoms with van der Waals surface area (Å²) in [6, 6.07) is 0. The van der Waals surface area contributed by atoms with Crippen molar-refractivity contribution in [3.63, 3.8) is 0 Å². The Hall–Kier alpha value is 0.00338. The molecule has 0 saturated heterocycles. The van der Waals surface area contributed by atoms with Crippen molar-refractivity contribution in [1.82, 2.24) is 0 Å². The van der Waals surface area contributed by atoms with Crippen LogP contribution in [0.25, 0.3) is 0 Å². The van der Waals surface area contributed by atoms with Gasteiger partial charge in [0.25, 0.3) is 0 Å². The molecule has 0 unspecified atom stereocenters. The molecule has 0 aromatic carbocycles. The maximum absolute atomic E-state index is 9.37. The van der Waals surface area contributed by atoms with E-state index in [4.69, 9.17) is 0 Å². The summed E-state index contributed by atoms with van der Waals surface area (Å²) < 4.78 is 0. The molecule has 4 nitrogen and oxygen atoms in total. The SMILES string of the molecule is O=C([O-])C=CBr.O=C([O-])C=CBr.[Zn+2]. The minimum atomic E-state index is -1.19. The zero-order chi connectivity index (χ0) is 9.98. The summed E-state index contributed by atoms with van der Waals surface area (Å²) in [5.74, 6) is -2.38. The molecule has 0 fully saturated rings. The Balaban J connectivity index is -0.000000143. The summed E-state index contributed by atoms with van der Waals surface area (Å²) in [5, 5.41) is 18.7. The molecular weight excluding hydrogens is 361 g/mol. The molecule has 0 bridgehead atoms. The second-order valence-electron chi connectivity index (χ2n) is 1.22. The number of carboxylic acid groups (broad SMARTS) is 2. The van der Waals surface area contributed by atoms with E-state index < -0.39 is 11.9 Å². The number of carboxylic acids is 2. The molecule has 0 amide bonds. The second-order valence-corrected chi connectivity index (χ2v) is 2.28. The van der Waals surface area contributed by atoms with Gasteiger partial charge in [0.15, 0.2) is 0 Å². The summed E-state index contributed by atoms with van der Waals surface area (Å²) in [6.45, 7) is 0. The Morgan fingerprint density at radius 3 is 1.15 bits per heavy atom. The molecule has 0 aromatic heterocycles. The van der Waals surface area contributed by atoms with E-state index in [0.29, 0.717) is 0 Å². The number of aliphatic carboxylic acids is 2. The Kier molecular flexibility index (Phi) is 20.9. The quantitative estimate of drug-likeness (QED) is 0.478. The van der Waals surface area contributed by atoms with Gasteiger partial charge < -0.3 is 19.8 Å². The fraction of sp³-hybridized carbons (Fsp3) is 0. The smallest absolute Gasteiger partial charge is 0.545 e. The van der Waals surface area contributed by atoms with Gasteiger partial charge in [-0.1, -0.05) is 31.9 Å². The minimum Gasteiger partial charge on any atom is -0.545 e. The third-order valence-electron chi connectivity index (χ3n) is 0.398. The number of halogens is 2. The molecule has 0 rings (SSSR count). The number of carbonyl (C=O) groups is 2. The van der Waals surface area contributed by atoms with Crippen molar-refractivity contribution in [1.29, 1.82) is 0 Å². The normalized spacial score (nSPS) is 8.77. The first-order valence-electron chi connectivity index (χ1n) is 2.50. The van der Waals surface area contributed by atoms with Crippen LogP contribution in [-0.2, 0) is 29.1 Å². The number of rotatable bonds is 2. The average molecular weight is 365 g/mol. The molecule has 68 valence electrons. The number of hydrogen-bond donors (Lipinski definition) is 0. The maximum atomic E-state index is 9.37. The molecule has 7 heteroatoms. The van der Waals surface area contributed by atoms with Crippen LogP contribution in [0.15, 0.2) is 22.1 Å². The molecule has 0 heterocycles. The van der Waals surface area contributed by atoms with Crippen molar-refractivity contribution in [2.24, 2.45) is 0 Å². The van der Waals surface area contributed by atoms with Crippen molar-refractivity contribution in [3.05, 3.63) is 22.1 Å². The molecule has 0 aliphatic carbocycles. The van der Waals surface area contributed by atoms with Crippen LogP contribution in [0.3, 0.4) is 0 Å².